The number of hydrogen-bond donors (Lipinski definition) is 2. The number of anilines is 1. The minimum absolute atomic E-state index is 0.0569. The predicted octanol–water partition coefficient (Wildman–Crippen LogP) is 1.35. The molecule has 0 radical (unpaired) electrons. The Balaban J connectivity index is 2.34. The summed E-state index contributed by atoms with van der Waals surface area (Å²) in [5.74, 6) is -0.655. The number of piperidine rings is 1. The molecule has 1 aliphatic rings. The molecule has 7 nitrogen and oxygen atoms in total. The fourth-order valence-electron chi connectivity index (χ4n) is 2.64. The SMILES string of the molecule is C[C@@H](O)c1ccc(N2CCCC(C(N)=O)C2)c([N+](=O)[O-])c1. The molecule has 1 aromatic carbocycles. The molecular weight excluding hydrogens is 274 g/mol. The van der Waals surface area contributed by atoms with Gasteiger partial charge in [0.2, 0.25) is 5.91 Å². The number of nitrogens with zero attached hydrogens (tertiary/aromatic N) is 2. The van der Waals surface area contributed by atoms with E-state index in [-0.39, 0.29) is 17.5 Å². The molecule has 1 amide bonds. The Morgan fingerprint density at radius 2 is 2.29 bits per heavy atom. The second-order valence-corrected chi connectivity index (χ2v) is 5.37. The van der Waals surface area contributed by atoms with Crippen molar-refractivity contribution in [3.05, 3.63) is 33.9 Å². The highest BCUT2D eigenvalue weighted by atomic mass is 16.6. The van der Waals surface area contributed by atoms with Crippen molar-refractivity contribution >= 4 is 17.3 Å². The van der Waals surface area contributed by atoms with Gasteiger partial charge < -0.3 is 15.7 Å². The number of primary amides is 1. The zero-order valence-electron chi connectivity index (χ0n) is 11.9. The van der Waals surface area contributed by atoms with Crippen LogP contribution in [0, 0.1) is 16.0 Å². The van der Waals surface area contributed by atoms with E-state index in [0.29, 0.717) is 30.8 Å². The maximum Gasteiger partial charge on any atom is 0.292 e. The number of rotatable bonds is 4. The minimum atomic E-state index is -0.766. The average Bonchev–Trinajstić information content (AvgIpc) is 2.46. The van der Waals surface area contributed by atoms with E-state index in [9.17, 15) is 20.0 Å². The second kappa shape index (κ2) is 6.09. The van der Waals surface area contributed by atoms with Crippen LogP contribution in [0.3, 0.4) is 0 Å². The summed E-state index contributed by atoms with van der Waals surface area (Å²) < 4.78 is 0. The standard InChI is InChI=1S/C14H19N3O4/c1-9(18)10-4-5-12(13(7-10)17(20)21)16-6-2-3-11(8-16)14(15)19/h4-5,7,9,11,18H,2-3,6,8H2,1H3,(H2,15,19)/t9-,11?/m1/s1. The first-order valence-electron chi connectivity index (χ1n) is 6.91. The molecule has 0 aromatic heterocycles. The van der Waals surface area contributed by atoms with E-state index in [0.717, 1.165) is 6.42 Å². The highest BCUT2D eigenvalue weighted by Crippen LogP contribution is 2.33. The van der Waals surface area contributed by atoms with Gasteiger partial charge in [-0.25, -0.2) is 0 Å². The Hall–Kier alpha value is -2.15. The summed E-state index contributed by atoms with van der Waals surface area (Å²) in [4.78, 5) is 23.9. The third-order valence-electron chi connectivity index (χ3n) is 3.84. The average molecular weight is 293 g/mol. The maximum atomic E-state index is 11.3. The molecule has 21 heavy (non-hydrogen) atoms. The van der Waals surface area contributed by atoms with E-state index >= 15 is 0 Å². The van der Waals surface area contributed by atoms with Crippen LogP contribution < -0.4 is 10.6 Å². The lowest BCUT2D eigenvalue weighted by Crippen LogP contribution is -2.41. The Morgan fingerprint density at radius 1 is 1.57 bits per heavy atom. The van der Waals surface area contributed by atoms with Gasteiger partial charge in [0.05, 0.1) is 16.9 Å². The molecule has 0 aliphatic carbocycles. The van der Waals surface area contributed by atoms with Crippen molar-refractivity contribution in [3.8, 4) is 0 Å². The second-order valence-electron chi connectivity index (χ2n) is 5.37. The highest BCUT2D eigenvalue weighted by Gasteiger charge is 2.28. The van der Waals surface area contributed by atoms with E-state index in [1.54, 1.807) is 19.1 Å². The molecule has 114 valence electrons. The lowest BCUT2D eigenvalue weighted by atomic mass is 9.96. The number of aliphatic hydroxyl groups is 1. The number of nitro benzene ring substituents is 1. The smallest absolute Gasteiger partial charge is 0.292 e. The van der Waals surface area contributed by atoms with Crippen LogP contribution in [0.2, 0.25) is 0 Å². The Labute approximate surface area is 122 Å². The van der Waals surface area contributed by atoms with Gasteiger partial charge in [-0.1, -0.05) is 6.07 Å². The van der Waals surface area contributed by atoms with Crippen LogP contribution in [0.1, 0.15) is 31.4 Å². The lowest BCUT2D eigenvalue weighted by molar-refractivity contribution is -0.384. The molecule has 0 spiro atoms. The first kappa shape index (κ1) is 15.2. The normalized spacial score (nSPS) is 20.1. The van der Waals surface area contributed by atoms with Crippen molar-refractivity contribution in [2.45, 2.75) is 25.9 Å². The molecule has 0 saturated carbocycles. The minimum Gasteiger partial charge on any atom is -0.389 e. The largest absolute Gasteiger partial charge is 0.389 e. The van der Waals surface area contributed by atoms with Crippen molar-refractivity contribution in [2.24, 2.45) is 11.7 Å². The summed E-state index contributed by atoms with van der Waals surface area (Å²) in [6, 6.07) is 4.68. The van der Waals surface area contributed by atoms with Gasteiger partial charge in [0, 0.05) is 19.2 Å². The molecule has 1 heterocycles. The van der Waals surface area contributed by atoms with Gasteiger partial charge in [-0.15, -0.1) is 0 Å². The third-order valence-corrected chi connectivity index (χ3v) is 3.84. The zero-order valence-corrected chi connectivity index (χ0v) is 11.9. The zero-order chi connectivity index (χ0) is 15.6. The number of benzene rings is 1. The lowest BCUT2D eigenvalue weighted by Gasteiger charge is -2.32. The molecule has 1 fully saturated rings. The van der Waals surface area contributed by atoms with Gasteiger partial charge in [0.1, 0.15) is 5.69 Å². The Kier molecular flexibility index (Phi) is 4.42. The monoisotopic (exact) mass is 293 g/mol. The quantitative estimate of drug-likeness (QED) is 0.643. The number of nitro groups is 1. The molecular formula is C14H19N3O4. The highest BCUT2D eigenvalue weighted by molar-refractivity contribution is 5.78. The molecule has 2 rings (SSSR count). The van der Waals surface area contributed by atoms with Crippen LogP contribution in [0.25, 0.3) is 0 Å². The molecule has 2 atom stereocenters. The topological polar surface area (TPSA) is 110 Å². The molecule has 7 heteroatoms. The van der Waals surface area contributed by atoms with Crippen LogP contribution in [0.4, 0.5) is 11.4 Å². The Bertz CT molecular complexity index is 559. The molecule has 3 N–H and O–H groups in total. The van der Waals surface area contributed by atoms with E-state index in [1.807, 2.05) is 4.90 Å². The summed E-state index contributed by atoms with van der Waals surface area (Å²) in [5, 5.41) is 20.8. The summed E-state index contributed by atoms with van der Waals surface area (Å²) in [7, 11) is 0. The predicted molar refractivity (Wildman–Crippen MR) is 77.9 cm³/mol. The van der Waals surface area contributed by atoms with E-state index in [2.05, 4.69) is 0 Å². The molecule has 1 aromatic rings. The van der Waals surface area contributed by atoms with Crippen LogP contribution >= 0.6 is 0 Å². The van der Waals surface area contributed by atoms with Crippen molar-refractivity contribution in [1.29, 1.82) is 0 Å². The van der Waals surface area contributed by atoms with Gasteiger partial charge in [-0.05, 0) is 31.4 Å². The fraction of sp³-hybridized carbons (Fsp3) is 0.500. The number of carbonyl (C=O) groups excluding carboxylic acids is 1. The summed E-state index contributed by atoms with van der Waals surface area (Å²) >= 11 is 0. The molecule has 0 bridgehead atoms. The van der Waals surface area contributed by atoms with Crippen molar-refractivity contribution in [3.63, 3.8) is 0 Å². The molecule has 1 aliphatic heterocycles. The number of carbonyl (C=O) groups is 1. The maximum absolute atomic E-state index is 11.3. The summed E-state index contributed by atoms with van der Waals surface area (Å²) in [6.45, 7) is 2.60. The summed E-state index contributed by atoms with van der Waals surface area (Å²) in [5.41, 5.74) is 6.24. The van der Waals surface area contributed by atoms with E-state index < -0.39 is 11.0 Å². The van der Waals surface area contributed by atoms with Gasteiger partial charge in [-0.3, -0.25) is 14.9 Å². The Morgan fingerprint density at radius 3 is 2.86 bits per heavy atom. The third kappa shape index (κ3) is 3.30. The van der Waals surface area contributed by atoms with E-state index in [1.165, 1.54) is 6.07 Å². The van der Waals surface area contributed by atoms with Gasteiger partial charge in [0.15, 0.2) is 0 Å². The number of amides is 1. The number of aliphatic hydroxyl groups excluding tert-OH is 1. The van der Waals surface area contributed by atoms with Crippen molar-refractivity contribution in [1.82, 2.24) is 0 Å². The first-order chi connectivity index (χ1) is 9.90. The first-order valence-corrected chi connectivity index (χ1v) is 6.91. The van der Waals surface area contributed by atoms with Gasteiger partial charge in [-0.2, -0.15) is 0 Å². The van der Waals surface area contributed by atoms with Crippen LogP contribution in [-0.4, -0.2) is 29.0 Å². The van der Waals surface area contributed by atoms with Crippen molar-refractivity contribution < 1.29 is 14.8 Å². The molecule has 1 unspecified atom stereocenters. The summed E-state index contributed by atoms with van der Waals surface area (Å²) in [6.07, 6.45) is 0.714. The number of nitrogens with two attached hydrogens (primary N) is 1. The van der Waals surface area contributed by atoms with Gasteiger partial charge in [0.25, 0.3) is 5.69 Å². The van der Waals surface area contributed by atoms with Crippen LogP contribution in [0.5, 0.6) is 0 Å². The number of hydrogen-bond acceptors (Lipinski definition) is 5. The fourth-order valence-corrected chi connectivity index (χ4v) is 2.64. The van der Waals surface area contributed by atoms with Crippen LogP contribution in [0.15, 0.2) is 18.2 Å². The van der Waals surface area contributed by atoms with Crippen LogP contribution in [-0.2, 0) is 4.79 Å². The van der Waals surface area contributed by atoms with Gasteiger partial charge >= 0.3 is 0 Å². The van der Waals surface area contributed by atoms with Crippen molar-refractivity contribution in [2.75, 3.05) is 18.0 Å². The van der Waals surface area contributed by atoms with E-state index in [4.69, 9.17) is 5.73 Å². The molecule has 1 saturated heterocycles.